The number of hydrogen-bond donors (Lipinski definition) is 1. The van der Waals surface area contributed by atoms with E-state index in [9.17, 15) is 8.78 Å². The van der Waals surface area contributed by atoms with E-state index in [0.29, 0.717) is 5.56 Å². The molecule has 0 aliphatic carbocycles. The molecular formula is C16H13F2NS. The summed E-state index contributed by atoms with van der Waals surface area (Å²) >= 11 is 1.61. The summed E-state index contributed by atoms with van der Waals surface area (Å²) in [5.74, 6) is -0.834. The summed E-state index contributed by atoms with van der Waals surface area (Å²) in [6.07, 6.45) is 0. The predicted molar refractivity (Wildman–Crippen MR) is 79.1 cm³/mol. The molecule has 20 heavy (non-hydrogen) atoms. The van der Waals surface area contributed by atoms with Gasteiger partial charge >= 0.3 is 0 Å². The molecule has 1 heterocycles. The monoisotopic (exact) mass is 289 g/mol. The van der Waals surface area contributed by atoms with Crippen molar-refractivity contribution in [1.29, 1.82) is 0 Å². The molecule has 1 unspecified atom stereocenters. The zero-order chi connectivity index (χ0) is 14.1. The molecule has 0 aliphatic heterocycles. The molecule has 0 radical (unpaired) electrons. The maximum absolute atomic E-state index is 14.0. The van der Waals surface area contributed by atoms with E-state index in [4.69, 9.17) is 0 Å². The van der Waals surface area contributed by atoms with Crippen LogP contribution in [0.3, 0.4) is 0 Å². The number of halogens is 2. The van der Waals surface area contributed by atoms with E-state index in [1.54, 1.807) is 18.4 Å². The van der Waals surface area contributed by atoms with Crippen molar-refractivity contribution in [2.45, 2.75) is 6.04 Å². The van der Waals surface area contributed by atoms with Gasteiger partial charge in [0.25, 0.3) is 0 Å². The molecule has 3 aromatic rings. The number of rotatable bonds is 3. The lowest BCUT2D eigenvalue weighted by Gasteiger charge is -2.19. The number of thiophene rings is 1. The number of benzene rings is 2. The number of nitrogens with one attached hydrogen (secondary N) is 1. The van der Waals surface area contributed by atoms with Crippen LogP contribution in [0, 0.1) is 11.6 Å². The van der Waals surface area contributed by atoms with Crippen molar-refractivity contribution in [3.63, 3.8) is 0 Å². The molecular weight excluding hydrogens is 276 g/mol. The van der Waals surface area contributed by atoms with Crippen molar-refractivity contribution in [2.75, 3.05) is 7.05 Å². The fourth-order valence-corrected chi connectivity index (χ4v) is 3.40. The van der Waals surface area contributed by atoms with Crippen LogP contribution in [0.5, 0.6) is 0 Å². The predicted octanol–water partition coefficient (Wildman–Crippen LogP) is 4.49. The molecule has 1 atom stereocenters. The Labute approximate surface area is 119 Å². The highest BCUT2D eigenvalue weighted by molar-refractivity contribution is 7.17. The van der Waals surface area contributed by atoms with Crippen LogP contribution in [0.2, 0.25) is 0 Å². The summed E-state index contributed by atoms with van der Waals surface area (Å²) in [7, 11) is 1.75. The molecule has 0 amide bonds. The molecule has 1 nitrogen and oxygen atoms in total. The average Bonchev–Trinajstić information content (AvgIpc) is 2.92. The molecule has 0 bridgehead atoms. The van der Waals surface area contributed by atoms with Gasteiger partial charge in [0.2, 0.25) is 0 Å². The van der Waals surface area contributed by atoms with Crippen molar-refractivity contribution in [3.8, 4) is 0 Å². The molecule has 3 rings (SSSR count). The molecule has 102 valence electrons. The quantitative estimate of drug-likeness (QED) is 0.749. The summed E-state index contributed by atoms with van der Waals surface area (Å²) < 4.78 is 28.5. The first-order chi connectivity index (χ1) is 9.70. The van der Waals surface area contributed by atoms with Crippen LogP contribution < -0.4 is 5.32 Å². The SMILES string of the molecule is CNC(c1cc(F)ccc1F)c1cccc2ccsc12. The summed E-state index contributed by atoms with van der Waals surface area (Å²) in [6.45, 7) is 0. The van der Waals surface area contributed by atoms with Gasteiger partial charge in [-0.2, -0.15) is 0 Å². The molecule has 4 heteroatoms. The summed E-state index contributed by atoms with van der Waals surface area (Å²) in [5, 5.41) is 6.20. The van der Waals surface area contributed by atoms with Gasteiger partial charge < -0.3 is 5.32 Å². The lowest BCUT2D eigenvalue weighted by Crippen LogP contribution is -2.19. The van der Waals surface area contributed by atoms with Crippen molar-refractivity contribution in [1.82, 2.24) is 5.32 Å². The number of hydrogen-bond acceptors (Lipinski definition) is 2. The lowest BCUT2D eigenvalue weighted by molar-refractivity contribution is 0.559. The average molecular weight is 289 g/mol. The zero-order valence-corrected chi connectivity index (χ0v) is 11.7. The minimum Gasteiger partial charge on any atom is -0.309 e. The van der Waals surface area contributed by atoms with Gasteiger partial charge in [-0.3, -0.25) is 0 Å². The van der Waals surface area contributed by atoms with E-state index in [1.807, 2.05) is 29.6 Å². The highest BCUT2D eigenvalue weighted by Crippen LogP contribution is 2.33. The smallest absolute Gasteiger partial charge is 0.128 e. The minimum atomic E-state index is -0.431. The van der Waals surface area contributed by atoms with Crippen LogP contribution in [0.25, 0.3) is 10.1 Å². The summed E-state index contributed by atoms with van der Waals surface area (Å²) in [6, 6.07) is 11.1. The van der Waals surface area contributed by atoms with Crippen LogP contribution in [-0.4, -0.2) is 7.05 Å². The van der Waals surface area contributed by atoms with E-state index in [2.05, 4.69) is 5.32 Å². The van der Waals surface area contributed by atoms with E-state index < -0.39 is 11.6 Å². The van der Waals surface area contributed by atoms with Gasteiger partial charge in [-0.05, 0) is 47.6 Å². The molecule has 0 saturated carbocycles. The maximum Gasteiger partial charge on any atom is 0.128 e. The first-order valence-electron chi connectivity index (χ1n) is 6.29. The molecule has 0 saturated heterocycles. The van der Waals surface area contributed by atoms with Crippen LogP contribution >= 0.6 is 11.3 Å². The second-order valence-corrected chi connectivity index (χ2v) is 5.49. The third-order valence-electron chi connectivity index (χ3n) is 3.38. The second-order valence-electron chi connectivity index (χ2n) is 4.57. The van der Waals surface area contributed by atoms with Crippen LogP contribution in [0.1, 0.15) is 17.2 Å². The Bertz CT molecular complexity index is 751. The van der Waals surface area contributed by atoms with Gasteiger partial charge in [-0.15, -0.1) is 11.3 Å². The summed E-state index contributed by atoms with van der Waals surface area (Å²) in [4.78, 5) is 0. The van der Waals surface area contributed by atoms with Gasteiger partial charge in [-0.25, -0.2) is 8.78 Å². The van der Waals surface area contributed by atoms with Gasteiger partial charge in [-0.1, -0.05) is 18.2 Å². The molecule has 0 fully saturated rings. The highest BCUT2D eigenvalue weighted by atomic mass is 32.1. The minimum absolute atomic E-state index is 0.327. The largest absolute Gasteiger partial charge is 0.309 e. The van der Waals surface area contributed by atoms with Gasteiger partial charge in [0.1, 0.15) is 11.6 Å². The molecule has 1 aromatic heterocycles. The molecule has 0 spiro atoms. The third kappa shape index (κ3) is 2.21. The van der Waals surface area contributed by atoms with Crippen molar-refractivity contribution >= 4 is 21.4 Å². The lowest BCUT2D eigenvalue weighted by atomic mass is 9.97. The van der Waals surface area contributed by atoms with Crippen molar-refractivity contribution in [3.05, 3.63) is 70.6 Å². The van der Waals surface area contributed by atoms with E-state index in [0.717, 1.165) is 21.7 Å². The van der Waals surface area contributed by atoms with Crippen LogP contribution in [0.15, 0.2) is 47.8 Å². The number of fused-ring (bicyclic) bond motifs is 1. The zero-order valence-electron chi connectivity index (χ0n) is 10.9. The fraction of sp³-hybridized carbons (Fsp3) is 0.125. The van der Waals surface area contributed by atoms with Crippen molar-refractivity contribution in [2.24, 2.45) is 0 Å². The van der Waals surface area contributed by atoms with Gasteiger partial charge in [0.15, 0.2) is 0 Å². The van der Waals surface area contributed by atoms with E-state index in [-0.39, 0.29) is 6.04 Å². The second kappa shape index (κ2) is 5.31. The Morgan fingerprint density at radius 3 is 2.70 bits per heavy atom. The van der Waals surface area contributed by atoms with E-state index >= 15 is 0 Å². The molecule has 0 aliphatic rings. The Morgan fingerprint density at radius 1 is 1.05 bits per heavy atom. The molecule has 1 N–H and O–H groups in total. The fourth-order valence-electron chi connectivity index (χ4n) is 2.46. The van der Waals surface area contributed by atoms with E-state index in [1.165, 1.54) is 12.1 Å². The van der Waals surface area contributed by atoms with Gasteiger partial charge in [0, 0.05) is 10.3 Å². The summed E-state index contributed by atoms with van der Waals surface area (Å²) in [5.41, 5.74) is 1.29. The van der Waals surface area contributed by atoms with Crippen LogP contribution in [0.4, 0.5) is 8.78 Å². The first kappa shape index (κ1) is 13.2. The molecule has 2 aromatic carbocycles. The topological polar surface area (TPSA) is 12.0 Å². The normalized spacial score (nSPS) is 12.8. The Balaban J connectivity index is 2.19. The Morgan fingerprint density at radius 2 is 1.90 bits per heavy atom. The standard InChI is InChI=1S/C16H13F2NS/c1-19-15(13-9-11(17)5-6-14(13)18)12-4-2-3-10-7-8-20-16(10)12/h2-9,15,19H,1H3. The third-order valence-corrected chi connectivity index (χ3v) is 4.36. The van der Waals surface area contributed by atoms with Crippen molar-refractivity contribution < 1.29 is 8.78 Å². The maximum atomic E-state index is 14.0. The highest BCUT2D eigenvalue weighted by Gasteiger charge is 2.19. The van der Waals surface area contributed by atoms with Crippen LogP contribution in [-0.2, 0) is 0 Å². The first-order valence-corrected chi connectivity index (χ1v) is 7.17. The Hall–Kier alpha value is -1.78. The van der Waals surface area contributed by atoms with Gasteiger partial charge in [0.05, 0.1) is 6.04 Å². The Kier molecular flexibility index (Phi) is 3.51.